The van der Waals surface area contributed by atoms with Crippen LogP contribution in [0.3, 0.4) is 0 Å². The fraction of sp³-hybridized carbons (Fsp3) is 0.435. The zero-order chi connectivity index (χ0) is 18.4. The van der Waals surface area contributed by atoms with Crippen LogP contribution in [0.1, 0.15) is 36.8 Å². The Labute approximate surface area is 162 Å². The quantitative estimate of drug-likeness (QED) is 0.588. The number of benzene rings is 2. The van der Waals surface area contributed by atoms with Crippen LogP contribution < -0.4 is 0 Å². The van der Waals surface area contributed by atoms with E-state index < -0.39 is 5.41 Å². The highest BCUT2D eigenvalue weighted by Gasteiger charge is 2.47. The monoisotopic (exact) mass is 366 g/mol. The molecule has 2 aromatic carbocycles. The third kappa shape index (κ3) is 4.47. The predicted molar refractivity (Wildman–Crippen MR) is 108 cm³/mol. The van der Waals surface area contributed by atoms with Gasteiger partial charge in [-0.15, -0.1) is 0 Å². The average molecular weight is 367 g/mol. The van der Waals surface area contributed by atoms with Gasteiger partial charge in [0, 0.05) is 11.6 Å². The van der Waals surface area contributed by atoms with Crippen molar-refractivity contribution in [2.75, 3.05) is 20.1 Å². The average Bonchev–Trinajstić information content (AvgIpc) is 3.51. The first-order valence-electron chi connectivity index (χ1n) is 9.54. The Balaban J connectivity index is 1.57. The molecule has 0 bridgehead atoms. The molecule has 0 amide bonds. The van der Waals surface area contributed by atoms with Gasteiger partial charge in [-0.05, 0) is 68.8 Å². The Morgan fingerprint density at radius 2 is 1.77 bits per heavy atom. The normalized spacial score (nSPS) is 16.2. The summed E-state index contributed by atoms with van der Waals surface area (Å²) in [5, 5.41) is 10.8. The molecule has 2 aromatic rings. The molecule has 1 aliphatic rings. The predicted octanol–water partition coefficient (Wildman–Crippen LogP) is 5.47. The SMILES string of the molecule is CN(CCCC(C#N)(c1ccccc1Cl)C1CC1)CCc1ccccc1. The molecule has 0 radical (unpaired) electrons. The molecule has 0 heterocycles. The van der Waals surface area contributed by atoms with Crippen LogP contribution in [0.5, 0.6) is 0 Å². The number of hydrogen-bond donors (Lipinski definition) is 0. The van der Waals surface area contributed by atoms with E-state index in [9.17, 15) is 5.26 Å². The highest BCUT2D eigenvalue weighted by Crippen LogP contribution is 2.51. The van der Waals surface area contributed by atoms with Gasteiger partial charge in [0.2, 0.25) is 0 Å². The molecular weight excluding hydrogens is 340 g/mol. The Hall–Kier alpha value is -1.82. The summed E-state index contributed by atoms with van der Waals surface area (Å²) in [5.41, 5.74) is 1.98. The largest absolute Gasteiger partial charge is 0.306 e. The minimum absolute atomic E-state index is 0.418. The Morgan fingerprint density at radius 3 is 2.42 bits per heavy atom. The molecule has 1 atom stereocenters. The molecule has 1 aliphatic carbocycles. The molecule has 1 fully saturated rings. The molecule has 26 heavy (non-hydrogen) atoms. The first-order valence-corrected chi connectivity index (χ1v) is 9.92. The lowest BCUT2D eigenvalue weighted by molar-refractivity contribution is 0.308. The van der Waals surface area contributed by atoms with E-state index in [0.29, 0.717) is 5.92 Å². The number of likely N-dealkylation sites (N-methyl/N-ethyl adjacent to an activating group) is 1. The molecule has 2 nitrogen and oxygen atoms in total. The minimum Gasteiger partial charge on any atom is -0.306 e. The van der Waals surface area contributed by atoms with Gasteiger partial charge < -0.3 is 4.90 Å². The molecule has 0 aromatic heterocycles. The summed E-state index contributed by atoms with van der Waals surface area (Å²) in [4.78, 5) is 2.37. The van der Waals surface area contributed by atoms with Crippen LogP contribution in [-0.4, -0.2) is 25.0 Å². The van der Waals surface area contributed by atoms with Crippen molar-refractivity contribution >= 4 is 11.6 Å². The van der Waals surface area contributed by atoms with Crippen LogP contribution in [0.15, 0.2) is 54.6 Å². The second-order valence-electron chi connectivity index (χ2n) is 7.48. The van der Waals surface area contributed by atoms with E-state index in [1.54, 1.807) is 0 Å². The van der Waals surface area contributed by atoms with Crippen molar-refractivity contribution in [3.63, 3.8) is 0 Å². The Kier molecular flexibility index (Phi) is 6.35. The van der Waals surface area contributed by atoms with E-state index in [1.807, 2.05) is 24.3 Å². The second kappa shape index (κ2) is 8.71. The van der Waals surface area contributed by atoms with E-state index in [2.05, 4.69) is 48.3 Å². The van der Waals surface area contributed by atoms with Gasteiger partial charge in [-0.25, -0.2) is 0 Å². The van der Waals surface area contributed by atoms with E-state index in [1.165, 1.54) is 5.56 Å². The summed E-state index contributed by atoms with van der Waals surface area (Å²) in [6.07, 6.45) is 5.24. The van der Waals surface area contributed by atoms with Crippen LogP contribution in [-0.2, 0) is 11.8 Å². The maximum Gasteiger partial charge on any atom is 0.0865 e. The number of halogens is 1. The third-order valence-electron chi connectivity index (χ3n) is 5.56. The molecular formula is C23H27ClN2. The van der Waals surface area contributed by atoms with Crippen molar-refractivity contribution in [3.8, 4) is 6.07 Å². The van der Waals surface area contributed by atoms with Crippen LogP contribution >= 0.6 is 11.6 Å². The molecule has 1 unspecified atom stereocenters. The van der Waals surface area contributed by atoms with Crippen LogP contribution in [0.4, 0.5) is 0 Å². The standard InChI is InChI=1S/C23H27ClN2/c1-26(17-14-19-8-3-2-4-9-19)16-7-15-23(18-25,20-12-13-20)21-10-5-6-11-22(21)24/h2-6,8-11,20H,7,12-17H2,1H3. The van der Waals surface area contributed by atoms with Gasteiger partial charge in [0.25, 0.3) is 0 Å². The molecule has 0 saturated heterocycles. The van der Waals surface area contributed by atoms with E-state index in [-0.39, 0.29) is 0 Å². The van der Waals surface area contributed by atoms with Gasteiger partial charge in [0.05, 0.1) is 11.5 Å². The second-order valence-corrected chi connectivity index (χ2v) is 7.89. The van der Waals surface area contributed by atoms with Crippen molar-refractivity contribution in [2.45, 2.75) is 37.5 Å². The lowest BCUT2D eigenvalue weighted by Crippen LogP contribution is -2.30. The minimum atomic E-state index is -0.418. The summed E-state index contributed by atoms with van der Waals surface area (Å²) >= 11 is 6.46. The van der Waals surface area contributed by atoms with Crippen LogP contribution in [0, 0.1) is 17.2 Å². The molecule has 0 aliphatic heterocycles. The smallest absolute Gasteiger partial charge is 0.0865 e. The van der Waals surface area contributed by atoms with Gasteiger partial charge in [-0.1, -0.05) is 60.1 Å². The summed E-state index contributed by atoms with van der Waals surface area (Å²) in [6, 6.07) is 21.2. The van der Waals surface area contributed by atoms with E-state index in [4.69, 9.17) is 11.6 Å². The van der Waals surface area contributed by atoms with Crippen molar-refractivity contribution < 1.29 is 0 Å². The topological polar surface area (TPSA) is 27.0 Å². The lowest BCUT2D eigenvalue weighted by atomic mass is 9.73. The highest BCUT2D eigenvalue weighted by molar-refractivity contribution is 6.31. The lowest BCUT2D eigenvalue weighted by Gasteiger charge is -2.29. The van der Waals surface area contributed by atoms with E-state index in [0.717, 1.165) is 55.8 Å². The summed E-state index contributed by atoms with van der Waals surface area (Å²) in [5.74, 6) is 0.460. The molecule has 3 heteroatoms. The summed E-state index contributed by atoms with van der Waals surface area (Å²) in [6.45, 7) is 2.05. The van der Waals surface area contributed by atoms with Gasteiger partial charge in [0.15, 0.2) is 0 Å². The van der Waals surface area contributed by atoms with Crippen LogP contribution in [0.25, 0.3) is 0 Å². The maximum absolute atomic E-state index is 10.1. The third-order valence-corrected chi connectivity index (χ3v) is 5.89. The van der Waals surface area contributed by atoms with Gasteiger partial charge in [-0.2, -0.15) is 5.26 Å². The fourth-order valence-electron chi connectivity index (χ4n) is 3.87. The van der Waals surface area contributed by atoms with Gasteiger partial charge in [0.1, 0.15) is 0 Å². The number of nitriles is 1. The molecule has 136 valence electrons. The summed E-state index contributed by atoms with van der Waals surface area (Å²) < 4.78 is 0. The van der Waals surface area contributed by atoms with E-state index >= 15 is 0 Å². The molecule has 3 rings (SSSR count). The van der Waals surface area contributed by atoms with Crippen molar-refractivity contribution in [1.82, 2.24) is 4.90 Å². The zero-order valence-electron chi connectivity index (χ0n) is 15.5. The Bertz CT molecular complexity index is 748. The van der Waals surface area contributed by atoms with Gasteiger partial charge >= 0.3 is 0 Å². The first kappa shape index (κ1) is 19.0. The Morgan fingerprint density at radius 1 is 1.08 bits per heavy atom. The first-order chi connectivity index (χ1) is 12.7. The van der Waals surface area contributed by atoms with Crippen LogP contribution in [0.2, 0.25) is 5.02 Å². The highest BCUT2D eigenvalue weighted by atomic mass is 35.5. The zero-order valence-corrected chi connectivity index (χ0v) is 16.3. The summed E-state index contributed by atoms with van der Waals surface area (Å²) in [7, 11) is 2.17. The number of nitrogens with zero attached hydrogens (tertiary/aromatic N) is 2. The molecule has 1 saturated carbocycles. The van der Waals surface area contributed by atoms with Crippen molar-refractivity contribution in [1.29, 1.82) is 5.26 Å². The maximum atomic E-state index is 10.1. The fourth-order valence-corrected chi connectivity index (χ4v) is 4.17. The van der Waals surface area contributed by atoms with Crippen molar-refractivity contribution in [2.24, 2.45) is 5.92 Å². The number of rotatable bonds is 9. The van der Waals surface area contributed by atoms with Gasteiger partial charge in [-0.3, -0.25) is 0 Å². The number of hydrogen-bond acceptors (Lipinski definition) is 2. The van der Waals surface area contributed by atoms with Crippen molar-refractivity contribution in [3.05, 3.63) is 70.7 Å². The molecule has 0 N–H and O–H groups in total. The molecule has 0 spiro atoms.